The highest BCUT2D eigenvalue weighted by Gasteiger charge is 2.53. The molecule has 0 saturated carbocycles. The van der Waals surface area contributed by atoms with Gasteiger partial charge in [-0.1, -0.05) is 12.1 Å². The van der Waals surface area contributed by atoms with E-state index in [0.717, 1.165) is 40.9 Å². The van der Waals surface area contributed by atoms with Gasteiger partial charge in [-0.05, 0) is 61.0 Å². The van der Waals surface area contributed by atoms with E-state index in [4.69, 9.17) is 9.47 Å². The van der Waals surface area contributed by atoms with Crippen molar-refractivity contribution >= 4 is 22.6 Å². The number of anilines is 1. The van der Waals surface area contributed by atoms with E-state index in [1.54, 1.807) is 0 Å². The van der Waals surface area contributed by atoms with E-state index >= 15 is 0 Å². The van der Waals surface area contributed by atoms with Crippen LogP contribution in [0.1, 0.15) is 17.5 Å². The number of amidine groups is 1. The predicted molar refractivity (Wildman–Crippen MR) is 107 cm³/mol. The first kappa shape index (κ1) is 17.0. The number of β-amino-alcohol motifs (C(OH)–C–C–N with tert-alkyl or cyclic N) is 1. The van der Waals surface area contributed by atoms with Crippen molar-refractivity contribution in [3.63, 3.8) is 0 Å². The van der Waals surface area contributed by atoms with Crippen LogP contribution in [0, 0.1) is 6.92 Å². The first-order valence-corrected chi connectivity index (χ1v) is 10.4. The number of hydrogen-bond donors (Lipinski definition) is 1. The Morgan fingerprint density at radius 2 is 1.96 bits per heavy atom. The first-order valence-electron chi connectivity index (χ1n) is 9.39. The van der Waals surface area contributed by atoms with Gasteiger partial charge in [-0.3, -0.25) is 0 Å². The van der Waals surface area contributed by atoms with E-state index in [2.05, 4.69) is 40.7 Å². The second kappa shape index (κ2) is 6.46. The highest BCUT2D eigenvalue weighted by Crippen LogP contribution is 2.40. The fraction of sp³-hybridized carbons (Fsp3) is 0.381. The Bertz CT molecular complexity index is 929. The lowest BCUT2D eigenvalue weighted by Crippen LogP contribution is -2.41. The lowest BCUT2D eigenvalue weighted by molar-refractivity contribution is -0.656. The number of aliphatic hydroxyl groups is 1. The molecule has 0 amide bonds. The molecule has 1 atom stereocenters. The predicted octanol–water partition coefficient (Wildman–Crippen LogP) is 2.94. The number of ether oxygens (including phenoxy) is 2. The summed E-state index contributed by atoms with van der Waals surface area (Å²) in [7, 11) is 0. The van der Waals surface area contributed by atoms with Crippen molar-refractivity contribution in [3.05, 3.63) is 53.6 Å². The summed E-state index contributed by atoms with van der Waals surface area (Å²) in [5.41, 5.74) is 2.11. The molecule has 2 aromatic carbocycles. The second-order valence-electron chi connectivity index (χ2n) is 7.24. The summed E-state index contributed by atoms with van der Waals surface area (Å²) in [4.78, 5) is 2.24. The van der Waals surface area contributed by atoms with Gasteiger partial charge in [0.2, 0.25) is 0 Å². The molecule has 140 valence electrons. The Morgan fingerprint density at radius 1 is 1.11 bits per heavy atom. The molecule has 0 aromatic heterocycles. The van der Waals surface area contributed by atoms with Gasteiger partial charge in [-0.15, -0.1) is 0 Å². The summed E-state index contributed by atoms with van der Waals surface area (Å²) in [6, 6.07) is 14.3. The minimum atomic E-state index is -1.08. The Morgan fingerprint density at radius 3 is 2.81 bits per heavy atom. The van der Waals surface area contributed by atoms with Crippen molar-refractivity contribution in [2.24, 2.45) is 0 Å². The van der Waals surface area contributed by atoms with Crippen LogP contribution in [-0.2, 0) is 5.72 Å². The lowest BCUT2D eigenvalue weighted by atomic mass is 10.0. The lowest BCUT2D eigenvalue weighted by Gasteiger charge is -2.26. The monoisotopic (exact) mass is 383 g/mol. The third-order valence-corrected chi connectivity index (χ3v) is 6.55. The molecular weight excluding hydrogens is 360 g/mol. The van der Waals surface area contributed by atoms with Gasteiger partial charge in [0.1, 0.15) is 18.9 Å². The van der Waals surface area contributed by atoms with Crippen molar-refractivity contribution in [3.8, 4) is 11.5 Å². The molecule has 0 spiro atoms. The van der Waals surface area contributed by atoms with Crippen LogP contribution in [0.2, 0.25) is 0 Å². The average Bonchev–Trinajstić information content (AvgIpc) is 3.02. The SMILES string of the molecule is Cc1cccc(N2CC(O)(c3ccc4c(c3)OCCO4)[N+]3=C2SCCC3)c1. The molecule has 0 radical (unpaired) electrons. The molecule has 27 heavy (non-hydrogen) atoms. The number of benzene rings is 2. The van der Waals surface area contributed by atoms with Crippen LogP contribution in [0.3, 0.4) is 0 Å². The maximum atomic E-state index is 11.8. The molecule has 5 rings (SSSR count). The van der Waals surface area contributed by atoms with E-state index in [-0.39, 0.29) is 0 Å². The Balaban J connectivity index is 1.59. The molecule has 5 nitrogen and oxygen atoms in total. The van der Waals surface area contributed by atoms with Crippen LogP contribution in [0.4, 0.5) is 5.69 Å². The van der Waals surface area contributed by atoms with Crippen molar-refractivity contribution < 1.29 is 19.2 Å². The van der Waals surface area contributed by atoms with Gasteiger partial charge in [0.05, 0.1) is 6.54 Å². The zero-order valence-electron chi connectivity index (χ0n) is 15.4. The number of thioether (sulfide) groups is 1. The zero-order valence-corrected chi connectivity index (χ0v) is 16.2. The molecule has 0 aliphatic carbocycles. The normalized spacial score (nSPS) is 24.1. The average molecular weight is 383 g/mol. The van der Waals surface area contributed by atoms with Crippen LogP contribution in [-0.4, -0.2) is 46.9 Å². The Labute approximate surface area is 163 Å². The Hall–Kier alpha value is -2.18. The van der Waals surface area contributed by atoms with Gasteiger partial charge in [-0.25, -0.2) is 9.48 Å². The van der Waals surface area contributed by atoms with Gasteiger partial charge >= 0.3 is 5.17 Å². The smallest absolute Gasteiger partial charge is 0.316 e. The second-order valence-corrected chi connectivity index (χ2v) is 8.30. The van der Waals surface area contributed by atoms with E-state index in [9.17, 15) is 5.11 Å². The molecule has 1 N–H and O–H groups in total. The minimum absolute atomic E-state index is 0.498. The number of rotatable bonds is 2. The maximum absolute atomic E-state index is 11.8. The fourth-order valence-corrected chi connectivity index (χ4v) is 5.22. The quantitative estimate of drug-likeness (QED) is 0.808. The maximum Gasteiger partial charge on any atom is 0.316 e. The molecular formula is C21H23N2O3S+. The molecule has 1 unspecified atom stereocenters. The highest BCUT2D eigenvalue weighted by atomic mass is 32.2. The summed E-state index contributed by atoms with van der Waals surface area (Å²) in [6.45, 7) is 4.55. The van der Waals surface area contributed by atoms with Crippen LogP contribution >= 0.6 is 11.8 Å². The molecule has 2 aromatic rings. The fourth-order valence-electron chi connectivity index (χ4n) is 4.04. The molecule has 3 aliphatic heterocycles. The van der Waals surface area contributed by atoms with Gasteiger partial charge < -0.3 is 14.6 Å². The first-order chi connectivity index (χ1) is 13.1. The van der Waals surface area contributed by atoms with Crippen molar-refractivity contribution in [2.75, 3.05) is 37.0 Å². The summed E-state index contributed by atoms with van der Waals surface area (Å²) in [5.74, 6) is 2.54. The zero-order chi connectivity index (χ0) is 18.4. The van der Waals surface area contributed by atoms with Gasteiger partial charge in [-0.2, -0.15) is 0 Å². The van der Waals surface area contributed by atoms with Crippen molar-refractivity contribution in [1.82, 2.24) is 0 Å². The third kappa shape index (κ3) is 2.78. The van der Waals surface area contributed by atoms with Crippen LogP contribution in [0.25, 0.3) is 0 Å². The molecule has 3 aliphatic rings. The minimum Gasteiger partial charge on any atom is -0.486 e. The van der Waals surface area contributed by atoms with E-state index < -0.39 is 5.72 Å². The number of nitrogens with zero attached hydrogens (tertiary/aromatic N) is 2. The topological polar surface area (TPSA) is 44.9 Å². The van der Waals surface area contributed by atoms with Crippen molar-refractivity contribution in [2.45, 2.75) is 19.1 Å². The summed E-state index contributed by atoms with van der Waals surface area (Å²) < 4.78 is 13.5. The molecule has 3 heterocycles. The van der Waals surface area contributed by atoms with E-state index in [0.29, 0.717) is 25.5 Å². The van der Waals surface area contributed by atoms with Crippen LogP contribution in [0.5, 0.6) is 11.5 Å². The Kier molecular flexibility index (Phi) is 4.06. The summed E-state index contributed by atoms with van der Waals surface area (Å²) in [6.07, 6.45) is 1.06. The molecule has 0 bridgehead atoms. The van der Waals surface area contributed by atoms with Gasteiger partial charge in [0, 0.05) is 11.3 Å². The van der Waals surface area contributed by atoms with Crippen molar-refractivity contribution in [1.29, 1.82) is 0 Å². The highest BCUT2D eigenvalue weighted by molar-refractivity contribution is 8.13. The summed E-state index contributed by atoms with van der Waals surface area (Å²) in [5, 5.41) is 12.9. The van der Waals surface area contributed by atoms with E-state index in [1.807, 2.05) is 30.0 Å². The number of fused-ring (bicyclic) bond motifs is 1. The molecule has 0 fully saturated rings. The standard InChI is InChI=1S/C21H23N2O3S/c1-15-4-2-5-17(12-15)22-14-21(24,23-8-3-11-27-20(22)23)16-6-7-18-19(13-16)26-10-9-25-18/h2,4-7,12-13,24H,3,8-11,14H2,1H3/q+1. The van der Waals surface area contributed by atoms with E-state index in [1.165, 1.54) is 5.56 Å². The number of aryl methyl sites for hydroxylation is 1. The summed E-state index contributed by atoms with van der Waals surface area (Å²) >= 11 is 1.82. The van der Waals surface area contributed by atoms with Gasteiger partial charge in [0.15, 0.2) is 18.0 Å². The molecule has 0 saturated heterocycles. The van der Waals surface area contributed by atoms with Crippen LogP contribution in [0.15, 0.2) is 42.5 Å². The number of hydrogen-bond acceptors (Lipinski definition) is 5. The van der Waals surface area contributed by atoms with Gasteiger partial charge in [0.25, 0.3) is 5.72 Å². The largest absolute Gasteiger partial charge is 0.486 e. The molecule has 6 heteroatoms. The third-order valence-electron chi connectivity index (χ3n) is 5.36. The van der Waals surface area contributed by atoms with Crippen LogP contribution < -0.4 is 14.4 Å².